The van der Waals surface area contributed by atoms with E-state index in [9.17, 15) is 14.7 Å². The van der Waals surface area contributed by atoms with Crippen LogP contribution in [0.15, 0.2) is 10.7 Å². The van der Waals surface area contributed by atoms with E-state index in [-0.39, 0.29) is 17.5 Å². The lowest BCUT2D eigenvalue weighted by atomic mass is 10.2. The smallest absolute Gasteiger partial charge is 0.270 e. The van der Waals surface area contributed by atoms with Crippen molar-refractivity contribution in [3.63, 3.8) is 0 Å². The van der Waals surface area contributed by atoms with Gasteiger partial charge in [0.1, 0.15) is 12.3 Å². The molecule has 8 heteroatoms. The standard InChI is InChI=1S/C10H15BrN2O5/c1-12-3-6(11)10(17)13(5-15)9-2-7(16)8(4-14)18-9/h3,5,7-9,12,14,16H,2,4H2,1H3/b6-3+/t7?,8?,9-/m1/s1. The number of nitrogens with one attached hydrogen (secondary N) is 1. The minimum Gasteiger partial charge on any atom is -0.394 e. The van der Waals surface area contributed by atoms with Crippen LogP contribution in [-0.4, -0.2) is 59.5 Å². The third-order valence-corrected chi connectivity index (χ3v) is 3.09. The van der Waals surface area contributed by atoms with E-state index in [1.54, 1.807) is 7.05 Å². The zero-order chi connectivity index (χ0) is 13.7. The second-order valence-electron chi connectivity index (χ2n) is 3.71. The SMILES string of the molecule is CN/C=C(/Br)C(=O)N(C=O)[C@H]1CC(O)C(CO)O1. The summed E-state index contributed by atoms with van der Waals surface area (Å²) in [6.45, 7) is -0.369. The molecule has 0 spiro atoms. The van der Waals surface area contributed by atoms with Crippen molar-refractivity contribution in [3.8, 4) is 0 Å². The van der Waals surface area contributed by atoms with Gasteiger partial charge in [0.25, 0.3) is 5.91 Å². The molecule has 1 aliphatic rings. The molecule has 2 amide bonds. The van der Waals surface area contributed by atoms with Crippen molar-refractivity contribution < 1.29 is 24.5 Å². The highest BCUT2D eigenvalue weighted by atomic mass is 79.9. The van der Waals surface area contributed by atoms with Gasteiger partial charge in [-0.15, -0.1) is 0 Å². The number of hydrogen-bond acceptors (Lipinski definition) is 6. The summed E-state index contributed by atoms with van der Waals surface area (Å²) in [6, 6.07) is 0. The van der Waals surface area contributed by atoms with E-state index in [1.165, 1.54) is 6.20 Å². The first-order valence-electron chi connectivity index (χ1n) is 5.30. The van der Waals surface area contributed by atoms with Crippen LogP contribution in [0.3, 0.4) is 0 Å². The van der Waals surface area contributed by atoms with Crippen molar-refractivity contribution in [3.05, 3.63) is 10.7 Å². The first kappa shape index (κ1) is 15.1. The number of rotatable bonds is 5. The van der Waals surface area contributed by atoms with E-state index in [1.807, 2.05) is 0 Å². The Morgan fingerprint density at radius 1 is 1.67 bits per heavy atom. The van der Waals surface area contributed by atoms with Gasteiger partial charge in [-0.25, -0.2) is 0 Å². The molecule has 1 heterocycles. The molecule has 3 N–H and O–H groups in total. The number of aliphatic hydroxyl groups excluding tert-OH is 2. The van der Waals surface area contributed by atoms with Crippen LogP contribution in [0.4, 0.5) is 0 Å². The predicted octanol–water partition coefficient (Wildman–Crippen LogP) is -1.10. The highest BCUT2D eigenvalue weighted by Crippen LogP contribution is 2.24. The Balaban J connectivity index is 2.76. The first-order valence-corrected chi connectivity index (χ1v) is 6.09. The van der Waals surface area contributed by atoms with Crippen LogP contribution in [-0.2, 0) is 14.3 Å². The molecule has 7 nitrogen and oxygen atoms in total. The van der Waals surface area contributed by atoms with Gasteiger partial charge in [0.2, 0.25) is 6.41 Å². The number of amides is 2. The van der Waals surface area contributed by atoms with Crippen LogP contribution < -0.4 is 5.32 Å². The van der Waals surface area contributed by atoms with Gasteiger partial charge in [0.15, 0.2) is 0 Å². The van der Waals surface area contributed by atoms with Crippen LogP contribution >= 0.6 is 15.9 Å². The number of imide groups is 1. The fourth-order valence-electron chi connectivity index (χ4n) is 1.61. The van der Waals surface area contributed by atoms with E-state index in [2.05, 4.69) is 21.2 Å². The Morgan fingerprint density at radius 3 is 2.78 bits per heavy atom. The zero-order valence-electron chi connectivity index (χ0n) is 9.75. The summed E-state index contributed by atoms with van der Waals surface area (Å²) in [5.41, 5.74) is 0. The largest absolute Gasteiger partial charge is 0.394 e. The minimum atomic E-state index is -0.901. The van der Waals surface area contributed by atoms with E-state index in [0.717, 1.165) is 4.90 Å². The number of aliphatic hydroxyl groups is 2. The Kier molecular flexibility index (Phi) is 5.73. The predicted molar refractivity (Wildman–Crippen MR) is 65.4 cm³/mol. The molecule has 1 rings (SSSR count). The first-order chi connectivity index (χ1) is 8.54. The molecule has 1 saturated heterocycles. The summed E-state index contributed by atoms with van der Waals surface area (Å²) < 4.78 is 5.39. The molecule has 0 radical (unpaired) electrons. The molecule has 0 aromatic rings. The molecule has 0 saturated carbocycles. The molecule has 2 unspecified atom stereocenters. The minimum absolute atomic E-state index is 0.0789. The number of carbonyl (C=O) groups excluding carboxylic acids is 2. The summed E-state index contributed by atoms with van der Waals surface area (Å²) in [5, 5.41) is 21.1. The number of carbonyl (C=O) groups is 2. The lowest BCUT2D eigenvalue weighted by Crippen LogP contribution is -2.39. The lowest BCUT2D eigenvalue weighted by Gasteiger charge is -2.22. The zero-order valence-corrected chi connectivity index (χ0v) is 11.3. The molecule has 3 atom stereocenters. The quantitative estimate of drug-likeness (QED) is 0.439. The molecule has 1 aliphatic heterocycles. The second-order valence-corrected chi connectivity index (χ2v) is 4.57. The summed E-state index contributed by atoms with van der Waals surface area (Å²) in [5.74, 6) is -0.588. The third kappa shape index (κ3) is 3.29. The van der Waals surface area contributed by atoms with Crippen molar-refractivity contribution >= 4 is 28.2 Å². The van der Waals surface area contributed by atoms with E-state index < -0.39 is 24.3 Å². The molecular formula is C10H15BrN2O5. The van der Waals surface area contributed by atoms with Crippen molar-refractivity contribution in [1.82, 2.24) is 10.2 Å². The Bertz CT molecular complexity index is 349. The van der Waals surface area contributed by atoms with Crippen LogP contribution in [0, 0.1) is 0 Å². The highest BCUT2D eigenvalue weighted by molar-refractivity contribution is 9.12. The molecule has 0 aliphatic carbocycles. The molecular weight excluding hydrogens is 308 g/mol. The molecule has 102 valence electrons. The van der Waals surface area contributed by atoms with Gasteiger partial charge >= 0.3 is 0 Å². The fourth-order valence-corrected chi connectivity index (χ4v) is 2.04. The maximum absolute atomic E-state index is 11.9. The third-order valence-electron chi connectivity index (χ3n) is 2.52. The van der Waals surface area contributed by atoms with Crippen LogP contribution in [0.2, 0.25) is 0 Å². The van der Waals surface area contributed by atoms with Gasteiger partial charge in [-0.2, -0.15) is 0 Å². The summed E-state index contributed by atoms with van der Waals surface area (Å²) in [6.07, 6.45) is -0.757. The maximum atomic E-state index is 11.9. The maximum Gasteiger partial charge on any atom is 0.270 e. The number of halogens is 1. The van der Waals surface area contributed by atoms with Gasteiger partial charge in [-0.1, -0.05) is 0 Å². The van der Waals surface area contributed by atoms with E-state index >= 15 is 0 Å². The molecule has 0 bridgehead atoms. The van der Waals surface area contributed by atoms with Crippen molar-refractivity contribution in [1.29, 1.82) is 0 Å². The van der Waals surface area contributed by atoms with Gasteiger partial charge < -0.3 is 20.3 Å². The van der Waals surface area contributed by atoms with Gasteiger partial charge in [0, 0.05) is 19.7 Å². The van der Waals surface area contributed by atoms with Crippen LogP contribution in [0.5, 0.6) is 0 Å². The van der Waals surface area contributed by atoms with E-state index in [0.29, 0.717) is 6.41 Å². The fraction of sp³-hybridized carbons (Fsp3) is 0.600. The number of ether oxygens (including phenoxy) is 1. The van der Waals surface area contributed by atoms with Gasteiger partial charge in [-0.3, -0.25) is 14.5 Å². The Hall–Kier alpha value is -0.960. The van der Waals surface area contributed by atoms with E-state index in [4.69, 9.17) is 9.84 Å². The monoisotopic (exact) mass is 322 g/mol. The van der Waals surface area contributed by atoms with Crippen molar-refractivity contribution in [2.24, 2.45) is 0 Å². The molecule has 1 fully saturated rings. The van der Waals surface area contributed by atoms with Gasteiger partial charge in [0.05, 0.1) is 17.2 Å². The average Bonchev–Trinajstić information content (AvgIpc) is 2.71. The average molecular weight is 323 g/mol. The molecule has 0 aromatic heterocycles. The number of nitrogens with zero attached hydrogens (tertiary/aromatic N) is 1. The normalized spacial score (nSPS) is 28.0. The van der Waals surface area contributed by atoms with Crippen LogP contribution in [0.25, 0.3) is 0 Å². The Labute approximate surface area is 113 Å². The summed E-state index contributed by atoms with van der Waals surface area (Å²) in [7, 11) is 1.61. The topological polar surface area (TPSA) is 99.1 Å². The van der Waals surface area contributed by atoms with Crippen molar-refractivity contribution in [2.75, 3.05) is 13.7 Å². The summed E-state index contributed by atoms with van der Waals surface area (Å²) >= 11 is 3.02. The molecule has 0 aromatic carbocycles. The summed E-state index contributed by atoms with van der Waals surface area (Å²) in [4.78, 5) is 23.7. The molecule has 18 heavy (non-hydrogen) atoms. The highest BCUT2D eigenvalue weighted by Gasteiger charge is 2.39. The lowest BCUT2D eigenvalue weighted by molar-refractivity contribution is -0.150. The van der Waals surface area contributed by atoms with Gasteiger partial charge in [-0.05, 0) is 15.9 Å². The van der Waals surface area contributed by atoms with Crippen LogP contribution in [0.1, 0.15) is 6.42 Å². The Morgan fingerprint density at radius 2 is 2.33 bits per heavy atom. The second kappa shape index (κ2) is 6.83. The number of hydrogen-bond donors (Lipinski definition) is 3. The van der Waals surface area contributed by atoms with Crippen molar-refractivity contribution in [2.45, 2.75) is 24.9 Å².